The maximum absolute atomic E-state index is 12.3. The highest BCUT2D eigenvalue weighted by molar-refractivity contribution is 5.94. The number of fused-ring (bicyclic) bond motifs is 1. The minimum atomic E-state index is 0.00685. The molecule has 1 unspecified atom stereocenters. The molecule has 6 heteroatoms. The lowest BCUT2D eigenvalue weighted by Gasteiger charge is -2.31. The van der Waals surface area contributed by atoms with Gasteiger partial charge in [-0.25, -0.2) is 4.98 Å². The van der Waals surface area contributed by atoms with E-state index in [1.165, 1.54) is 0 Å². The Morgan fingerprint density at radius 2 is 2.26 bits per heavy atom. The third-order valence-corrected chi connectivity index (χ3v) is 4.44. The molecule has 0 spiro atoms. The van der Waals surface area contributed by atoms with Crippen molar-refractivity contribution in [2.24, 2.45) is 11.8 Å². The Labute approximate surface area is 133 Å². The van der Waals surface area contributed by atoms with Gasteiger partial charge in [-0.15, -0.1) is 0 Å². The predicted octanol–water partition coefficient (Wildman–Crippen LogP) is 2.62. The molecule has 23 heavy (non-hydrogen) atoms. The van der Waals surface area contributed by atoms with Crippen molar-refractivity contribution in [3.8, 4) is 11.6 Å². The number of carbonyl (C=O) groups is 1. The topological polar surface area (TPSA) is 83.0 Å². The number of aromatic nitrogens is 2. The van der Waals surface area contributed by atoms with E-state index in [9.17, 15) is 4.79 Å². The van der Waals surface area contributed by atoms with E-state index in [4.69, 9.17) is 4.42 Å². The van der Waals surface area contributed by atoms with Gasteiger partial charge in [0, 0.05) is 11.6 Å². The third kappa shape index (κ3) is 2.61. The molecule has 1 aliphatic rings. The molecule has 6 nitrogen and oxygen atoms in total. The summed E-state index contributed by atoms with van der Waals surface area (Å²) in [6.45, 7) is 3.81. The van der Waals surface area contributed by atoms with Gasteiger partial charge in [-0.3, -0.25) is 4.79 Å². The van der Waals surface area contributed by atoms with Crippen molar-refractivity contribution >= 4 is 22.6 Å². The Balaban J connectivity index is 1.55. The summed E-state index contributed by atoms with van der Waals surface area (Å²) in [6.07, 6.45) is 1.62. The van der Waals surface area contributed by atoms with Crippen molar-refractivity contribution in [2.45, 2.75) is 6.92 Å². The molecule has 1 fully saturated rings. The fourth-order valence-corrected chi connectivity index (χ4v) is 2.75. The Kier molecular flexibility index (Phi) is 3.38. The van der Waals surface area contributed by atoms with Crippen molar-refractivity contribution in [2.75, 3.05) is 18.4 Å². The van der Waals surface area contributed by atoms with Crippen LogP contribution in [-0.2, 0) is 4.79 Å². The standard InChI is InChI=1S/C17H18N4O2/c1-10(11-8-18-9-11)17(22)19-12-4-5-13-14(7-12)21-16(20-13)15-3-2-6-23-15/h2-7,10-11,18H,8-9H2,1H3,(H,19,22)(H,20,21). The van der Waals surface area contributed by atoms with Crippen LogP contribution in [0.1, 0.15) is 6.92 Å². The van der Waals surface area contributed by atoms with Crippen molar-refractivity contribution < 1.29 is 9.21 Å². The molecule has 3 heterocycles. The molecule has 0 saturated carbocycles. The molecular weight excluding hydrogens is 292 g/mol. The SMILES string of the molecule is CC(C(=O)Nc1ccc2nc(-c3ccco3)[nH]c2c1)C1CNC1. The van der Waals surface area contributed by atoms with Gasteiger partial charge in [0.05, 0.1) is 17.3 Å². The van der Waals surface area contributed by atoms with Gasteiger partial charge in [-0.05, 0) is 49.3 Å². The molecule has 4 rings (SSSR count). The molecule has 1 saturated heterocycles. The number of furan rings is 1. The smallest absolute Gasteiger partial charge is 0.227 e. The summed E-state index contributed by atoms with van der Waals surface area (Å²) in [6, 6.07) is 9.35. The number of imidazole rings is 1. The number of nitrogens with zero attached hydrogens (tertiary/aromatic N) is 1. The van der Waals surface area contributed by atoms with Gasteiger partial charge >= 0.3 is 0 Å². The molecule has 1 aromatic carbocycles. The van der Waals surface area contributed by atoms with Crippen LogP contribution in [0.4, 0.5) is 5.69 Å². The lowest BCUT2D eigenvalue weighted by atomic mass is 9.88. The van der Waals surface area contributed by atoms with E-state index in [0.29, 0.717) is 17.5 Å². The monoisotopic (exact) mass is 310 g/mol. The van der Waals surface area contributed by atoms with Gasteiger partial charge in [-0.1, -0.05) is 6.92 Å². The van der Waals surface area contributed by atoms with Crippen LogP contribution in [0.3, 0.4) is 0 Å². The zero-order valence-electron chi connectivity index (χ0n) is 12.8. The van der Waals surface area contributed by atoms with Crippen LogP contribution in [0, 0.1) is 11.8 Å². The Morgan fingerprint density at radius 3 is 2.96 bits per heavy atom. The molecule has 0 bridgehead atoms. The van der Waals surface area contributed by atoms with Crippen LogP contribution < -0.4 is 10.6 Å². The summed E-state index contributed by atoms with van der Waals surface area (Å²) < 4.78 is 5.35. The van der Waals surface area contributed by atoms with E-state index in [-0.39, 0.29) is 11.8 Å². The predicted molar refractivity (Wildman–Crippen MR) is 87.9 cm³/mol. The van der Waals surface area contributed by atoms with Crippen LogP contribution in [0.15, 0.2) is 41.0 Å². The van der Waals surface area contributed by atoms with Crippen LogP contribution in [0.25, 0.3) is 22.6 Å². The van der Waals surface area contributed by atoms with Gasteiger partial charge in [0.15, 0.2) is 11.6 Å². The number of amides is 1. The average Bonchev–Trinajstić information content (AvgIpc) is 3.13. The van der Waals surface area contributed by atoms with Gasteiger partial charge in [0.25, 0.3) is 0 Å². The quantitative estimate of drug-likeness (QED) is 0.692. The minimum Gasteiger partial charge on any atom is -0.461 e. The Hall–Kier alpha value is -2.60. The van der Waals surface area contributed by atoms with Gasteiger partial charge in [-0.2, -0.15) is 0 Å². The molecule has 1 atom stereocenters. The van der Waals surface area contributed by atoms with Crippen LogP contribution in [0.5, 0.6) is 0 Å². The largest absolute Gasteiger partial charge is 0.461 e. The summed E-state index contributed by atoms with van der Waals surface area (Å²) in [5.41, 5.74) is 2.48. The molecule has 1 aliphatic heterocycles. The van der Waals surface area contributed by atoms with E-state index in [1.54, 1.807) is 6.26 Å². The first-order chi connectivity index (χ1) is 11.2. The Bertz CT molecular complexity index is 834. The molecule has 0 aliphatic carbocycles. The fourth-order valence-electron chi connectivity index (χ4n) is 2.75. The maximum atomic E-state index is 12.3. The second-order valence-corrected chi connectivity index (χ2v) is 5.99. The number of nitrogens with one attached hydrogen (secondary N) is 3. The first-order valence-corrected chi connectivity index (χ1v) is 7.76. The van der Waals surface area contributed by atoms with E-state index < -0.39 is 0 Å². The second kappa shape index (κ2) is 5.55. The van der Waals surface area contributed by atoms with Gasteiger partial charge in [0.1, 0.15) is 0 Å². The number of rotatable bonds is 4. The highest BCUT2D eigenvalue weighted by atomic mass is 16.3. The third-order valence-electron chi connectivity index (χ3n) is 4.44. The summed E-state index contributed by atoms with van der Waals surface area (Å²) in [5, 5.41) is 6.19. The van der Waals surface area contributed by atoms with Gasteiger partial charge < -0.3 is 20.0 Å². The van der Waals surface area contributed by atoms with E-state index in [0.717, 1.165) is 29.8 Å². The maximum Gasteiger partial charge on any atom is 0.227 e. The van der Waals surface area contributed by atoms with Crippen molar-refractivity contribution in [3.05, 3.63) is 36.6 Å². The molecule has 118 valence electrons. The average molecular weight is 310 g/mol. The van der Waals surface area contributed by atoms with Crippen LogP contribution in [-0.4, -0.2) is 29.0 Å². The molecule has 1 amide bonds. The van der Waals surface area contributed by atoms with Crippen LogP contribution >= 0.6 is 0 Å². The summed E-state index contributed by atoms with van der Waals surface area (Å²) in [4.78, 5) is 20.0. The highest BCUT2D eigenvalue weighted by Gasteiger charge is 2.28. The van der Waals surface area contributed by atoms with Crippen LogP contribution in [0.2, 0.25) is 0 Å². The zero-order chi connectivity index (χ0) is 15.8. The first-order valence-electron chi connectivity index (χ1n) is 7.76. The van der Waals surface area contributed by atoms with E-state index >= 15 is 0 Å². The summed E-state index contributed by atoms with van der Waals surface area (Å²) in [5.74, 6) is 1.87. The van der Waals surface area contributed by atoms with Crippen molar-refractivity contribution in [3.63, 3.8) is 0 Å². The summed E-state index contributed by atoms with van der Waals surface area (Å²) in [7, 11) is 0. The fraction of sp³-hybridized carbons (Fsp3) is 0.294. The van der Waals surface area contributed by atoms with E-state index in [1.807, 2.05) is 37.3 Å². The van der Waals surface area contributed by atoms with Crippen molar-refractivity contribution in [1.29, 1.82) is 0 Å². The lowest BCUT2D eigenvalue weighted by molar-refractivity contribution is -0.121. The summed E-state index contributed by atoms with van der Waals surface area (Å²) >= 11 is 0. The van der Waals surface area contributed by atoms with Gasteiger partial charge in [0.2, 0.25) is 5.91 Å². The lowest BCUT2D eigenvalue weighted by Crippen LogP contribution is -2.48. The molecule has 3 N–H and O–H groups in total. The number of aromatic amines is 1. The molecule has 0 radical (unpaired) electrons. The number of hydrogen-bond acceptors (Lipinski definition) is 4. The minimum absolute atomic E-state index is 0.00685. The van der Waals surface area contributed by atoms with E-state index in [2.05, 4.69) is 20.6 Å². The molecular formula is C17H18N4O2. The molecule has 3 aromatic rings. The number of hydrogen-bond donors (Lipinski definition) is 3. The first kappa shape index (κ1) is 14.0. The normalized spacial score (nSPS) is 16.2. The number of benzene rings is 1. The molecule has 2 aromatic heterocycles. The zero-order valence-corrected chi connectivity index (χ0v) is 12.8. The number of anilines is 1. The Morgan fingerprint density at radius 1 is 1.39 bits per heavy atom. The number of carbonyl (C=O) groups excluding carboxylic acids is 1. The second-order valence-electron chi connectivity index (χ2n) is 5.99. The van der Waals surface area contributed by atoms with Crippen molar-refractivity contribution in [1.82, 2.24) is 15.3 Å². The highest BCUT2D eigenvalue weighted by Crippen LogP contribution is 2.24. The number of H-pyrrole nitrogens is 1.